The highest BCUT2D eigenvalue weighted by Gasteiger charge is 2.25. The van der Waals surface area contributed by atoms with Crippen LogP contribution in [0.15, 0.2) is 63.7 Å². The highest BCUT2D eigenvalue weighted by Crippen LogP contribution is 2.38. The Bertz CT molecular complexity index is 1110. The topological polar surface area (TPSA) is 100 Å². The van der Waals surface area contributed by atoms with Crippen molar-refractivity contribution in [2.24, 2.45) is 4.99 Å². The lowest BCUT2D eigenvalue weighted by Gasteiger charge is -2.14. The van der Waals surface area contributed by atoms with Crippen molar-refractivity contribution in [2.45, 2.75) is 13.8 Å². The molecule has 0 saturated carbocycles. The number of nitrogens with zero attached hydrogens (tertiary/aromatic N) is 2. The fourth-order valence-electron chi connectivity index (χ4n) is 2.69. The average molecular weight is 487 g/mol. The van der Waals surface area contributed by atoms with Crippen LogP contribution in [0.2, 0.25) is 0 Å². The van der Waals surface area contributed by atoms with Gasteiger partial charge in [0.1, 0.15) is 6.61 Å². The fourth-order valence-corrected chi connectivity index (χ4v) is 3.26. The Morgan fingerprint density at radius 3 is 2.61 bits per heavy atom. The van der Waals surface area contributed by atoms with Crippen molar-refractivity contribution in [1.82, 2.24) is 0 Å². The van der Waals surface area contributed by atoms with Crippen LogP contribution >= 0.6 is 15.9 Å². The number of nitro groups is 1. The van der Waals surface area contributed by atoms with Crippen molar-refractivity contribution in [3.63, 3.8) is 0 Å². The van der Waals surface area contributed by atoms with Gasteiger partial charge in [0.05, 0.1) is 16.0 Å². The molecule has 1 heterocycles. The summed E-state index contributed by atoms with van der Waals surface area (Å²) in [4.78, 5) is 26.8. The van der Waals surface area contributed by atoms with Gasteiger partial charge in [0.2, 0.25) is 5.90 Å². The van der Waals surface area contributed by atoms with Crippen LogP contribution in [0.1, 0.15) is 25.0 Å². The molecular weight excluding hydrogens is 468 g/mol. The third-order valence-corrected chi connectivity index (χ3v) is 4.63. The van der Waals surface area contributed by atoms with Crippen molar-refractivity contribution in [1.29, 1.82) is 0 Å². The van der Waals surface area contributed by atoms with Gasteiger partial charge < -0.3 is 14.2 Å². The first-order valence-electron chi connectivity index (χ1n) is 9.29. The summed E-state index contributed by atoms with van der Waals surface area (Å²) in [7, 11) is 0. The minimum atomic E-state index is -0.620. The maximum atomic E-state index is 12.3. The molecule has 9 heteroatoms. The molecule has 0 saturated heterocycles. The van der Waals surface area contributed by atoms with Gasteiger partial charge in [-0.3, -0.25) is 10.1 Å². The van der Waals surface area contributed by atoms with E-state index in [0.29, 0.717) is 40.3 Å². The highest BCUT2D eigenvalue weighted by molar-refractivity contribution is 9.10. The molecule has 0 unspecified atom stereocenters. The van der Waals surface area contributed by atoms with Crippen molar-refractivity contribution >= 4 is 39.6 Å². The molecule has 0 fully saturated rings. The van der Waals surface area contributed by atoms with Crippen LogP contribution < -0.4 is 9.47 Å². The van der Waals surface area contributed by atoms with Crippen LogP contribution in [0.25, 0.3) is 6.08 Å². The summed E-state index contributed by atoms with van der Waals surface area (Å²) >= 11 is 3.48. The first-order valence-corrected chi connectivity index (χ1v) is 10.1. The molecule has 0 aliphatic carbocycles. The summed E-state index contributed by atoms with van der Waals surface area (Å²) in [5, 5.41) is 10.8. The number of carbonyl (C=O) groups excluding carboxylic acids is 1. The Kier molecular flexibility index (Phi) is 6.86. The standard InChI is InChI=1S/C22H19BrN2O6/c1-4-29-19-11-14(9-17(23)20(19)30-12-13(2)3)10-18-22(26)31-21(24-18)15-5-7-16(8-6-15)25(27)28/h5-11H,2,4,12H2,1,3H3/b18-10-. The normalized spacial score (nSPS) is 14.2. The summed E-state index contributed by atoms with van der Waals surface area (Å²) in [6, 6.07) is 9.11. The Morgan fingerprint density at radius 1 is 1.29 bits per heavy atom. The number of hydrogen-bond donors (Lipinski definition) is 0. The van der Waals surface area contributed by atoms with Gasteiger partial charge in [0, 0.05) is 17.7 Å². The Hall–Kier alpha value is -3.46. The number of esters is 1. The number of benzene rings is 2. The quantitative estimate of drug-likeness (QED) is 0.170. The van der Waals surface area contributed by atoms with E-state index in [2.05, 4.69) is 27.5 Å². The second kappa shape index (κ2) is 9.57. The zero-order valence-corrected chi connectivity index (χ0v) is 18.5. The van der Waals surface area contributed by atoms with Gasteiger partial charge in [-0.1, -0.05) is 6.58 Å². The number of rotatable bonds is 8. The Balaban J connectivity index is 1.91. The number of halogens is 1. The average Bonchev–Trinajstić information content (AvgIpc) is 3.07. The van der Waals surface area contributed by atoms with Crippen LogP contribution in [0.5, 0.6) is 11.5 Å². The molecule has 0 bridgehead atoms. The van der Waals surface area contributed by atoms with Crippen LogP contribution in [0, 0.1) is 10.1 Å². The maximum Gasteiger partial charge on any atom is 0.363 e. The number of hydrogen-bond acceptors (Lipinski definition) is 7. The molecule has 3 rings (SSSR count). The maximum absolute atomic E-state index is 12.3. The minimum Gasteiger partial charge on any atom is -0.490 e. The number of cyclic esters (lactones) is 1. The summed E-state index contributed by atoms with van der Waals surface area (Å²) in [6.45, 7) is 8.32. The summed E-state index contributed by atoms with van der Waals surface area (Å²) in [5.41, 5.74) is 2.01. The van der Waals surface area contributed by atoms with Crippen LogP contribution in [0.4, 0.5) is 5.69 Å². The molecule has 0 amide bonds. The number of carbonyl (C=O) groups is 1. The second-order valence-electron chi connectivity index (χ2n) is 6.65. The predicted octanol–water partition coefficient (Wildman–Crippen LogP) is 5.06. The van der Waals surface area contributed by atoms with Crippen LogP contribution in [-0.2, 0) is 9.53 Å². The van der Waals surface area contributed by atoms with Gasteiger partial charge in [-0.15, -0.1) is 0 Å². The van der Waals surface area contributed by atoms with Gasteiger partial charge in [-0.05, 0) is 71.3 Å². The van der Waals surface area contributed by atoms with Gasteiger partial charge in [0.25, 0.3) is 5.69 Å². The zero-order chi connectivity index (χ0) is 22.5. The molecular formula is C22H19BrN2O6. The van der Waals surface area contributed by atoms with Gasteiger partial charge in [0.15, 0.2) is 17.2 Å². The predicted molar refractivity (Wildman–Crippen MR) is 119 cm³/mol. The fraction of sp³-hybridized carbons (Fsp3) is 0.182. The van der Waals surface area contributed by atoms with E-state index in [9.17, 15) is 14.9 Å². The lowest BCUT2D eigenvalue weighted by atomic mass is 10.1. The van der Waals surface area contributed by atoms with E-state index in [0.717, 1.165) is 5.57 Å². The Morgan fingerprint density at radius 2 is 2.00 bits per heavy atom. The second-order valence-corrected chi connectivity index (χ2v) is 7.50. The molecule has 1 aliphatic rings. The van der Waals surface area contributed by atoms with Gasteiger partial charge in [-0.25, -0.2) is 9.79 Å². The zero-order valence-electron chi connectivity index (χ0n) is 16.9. The van der Waals surface area contributed by atoms with E-state index in [-0.39, 0.29) is 17.3 Å². The number of nitro benzene ring substituents is 1. The number of non-ortho nitro benzene ring substituents is 1. The molecule has 31 heavy (non-hydrogen) atoms. The van der Waals surface area contributed by atoms with Crippen molar-refractivity contribution < 1.29 is 23.9 Å². The van der Waals surface area contributed by atoms with E-state index in [1.807, 2.05) is 13.8 Å². The lowest BCUT2D eigenvalue weighted by molar-refractivity contribution is -0.384. The largest absolute Gasteiger partial charge is 0.490 e. The first-order chi connectivity index (χ1) is 14.8. The van der Waals surface area contributed by atoms with Crippen molar-refractivity contribution in [2.75, 3.05) is 13.2 Å². The number of aliphatic imine (C=N–C) groups is 1. The molecule has 0 atom stereocenters. The minimum absolute atomic E-state index is 0.0632. The van der Waals surface area contributed by atoms with E-state index < -0.39 is 10.9 Å². The molecule has 2 aromatic carbocycles. The molecule has 2 aromatic rings. The summed E-state index contributed by atoms with van der Waals surface area (Å²) < 4.78 is 17.3. The van der Waals surface area contributed by atoms with E-state index in [1.54, 1.807) is 18.2 Å². The Labute approximate surface area is 187 Å². The van der Waals surface area contributed by atoms with Crippen LogP contribution in [-0.4, -0.2) is 30.0 Å². The molecule has 8 nitrogen and oxygen atoms in total. The van der Waals surface area contributed by atoms with E-state index in [1.165, 1.54) is 24.3 Å². The van der Waals surface area contributed by atoms with E-state index in [4.69, 9.17) is 14.2 Å². The van der Waals surface area contributed by atoms with Crippen molar-refractivity contribution in [3.8, 4) is 11.5 Å². The summed E-state index contributed by atoms with van der Waals surface area (Å²) in [6.07, 6.45) is 1.57. The molecule has 0 radical (unpaired) electrons. The summed E-state index contributed by atoms with van der Waals surface area (Å²) in [5.74, 6) is 0.508. The SMILES string of the molecule is C=C(C)COc1c(Br)cc(/C=C2\N=C(c3ccc([N+](=O)[O-])cc3)OC2=O)cc1OCC. The molecule has 0 N–H and O–H groups in total. The smallest absolute Gasteiger partial charge is 0.363 e. The number of ether oxygens (including phenoxy) is 3. The van der Waals surface area contributed by atoms with Crippen molar-refractivity contribution in [3.05, 3.63) is 80.0 Å². The molecule has 0 aromatic heterocycles. The monoisotopic (exact) mass is 486 g/mol. The van der Waals surface area contributed by atoms with Gasteiger partial charge >= 0.3 is 5.97 Å². The van der Waals surface area contributed by atoms with Gasteiger partial charge in [-0.2, -0.15) is 0 Å². The van der Waals surface area contributed by atoms with Crippen LogP contribution in [0.3, 0.4) is 0 Å². The highest BCUT2D eigenvalue weighted by atomic mass is 79.9. The third-order valence-electron chi connectivity index (χ3n) is 4.04. The third kappa shape index (κ3) is 5.37. The van der Waals surface area contributed by atoms with E-state index >= 15 is 0 Å². The molecule has 1 aliphatic heterocycles. The molecule has 0 spiro atoms. The lowest BCUT2D eigenvalue weighted by Crippen LogP contribution is -2.05. The molecule has 160 valence electrons. The first kappa shape index (κ1) is 22.2.